The van der Waals surface area contributed by atoms with E-state index >= 15 is 0 Å². The molecule has 4 rings (SSSR count). The van der Waals surface area contributed by atoms with Crippen molar-refractivity contribution in [2.75, 3.05) is 32.8 Å². The van der Waals surface area contributed by atoms with Crippen LogP contribution in [0.2, 0.25) is 0 Å². The van der Waals surface area contributed by atoms with Gasteiger partial charge in [0.05, 0.1) is 6.10 Å². The first-order valence-electron chi connectivity index (χ1n) is 9.75. The summed E-state index contributed by atoms with van der Waals surface area (Å²) in [5, 5.41) is 19.9. The Kier molecular flexibility index (Phi) is 5.74. The topological polar surface area (TPSA) is 56.2 Å². The van der Waals surface area contributed by atoms with Crippen LogP contribution in [0.4, 0.5) is 0 Å². The summed E-state index contributed by atoms with van der Waals surface area (Å²) in [7, 11) is 0. The van der Waals surface area contributed by atoms with E-state index in [9.17, 15) is 10.2 Å². The van der Waals surface area contributed by atoms with Crippen LogP contribution in [0.1, 0.15) is 16.7 Å². The molecule has 0 amide bonds. The number of benzene rings is 2. The molecule has 2 aromatic carbocycles. The number of rotatable bonds is 7. The molecule has 0 spiro atoms. The fourth-order valence-corrected chi connectivity index (χ4v) is 3.93. The Hall–Kier alpha value is -1.92. The van der Waals surface area contributed by atoms with E-state index in [2.05, 4.69) is 34.1 Å². The molecule has 144 valence electrons. The highest BCUT2D eigenvalue weighted by molar-refractivity contribution is 5.33. The normalized spacial score (nSPS) is 19.3. The van der Waals surface area contributed by atoms with E-state index in [-0.39, 0.29) is 12.7 Å². The van der Waals surface area contributed by atoms with Crippen LogP contribution in [0.5, 0.6) is 5.75 Å². The fourth-order valence-electron chi connectivity index (χ4n) is 3.93. The number of aliphatic hydroxyl groups excluding tert-OH is 2. The lowest BCUT2D eigenvalue weighted by atomic mass is 10.00. The first kappa shape index (κ1) is 18.4. The van der Waals surface area contributed by atoms with Crippen LogP contribution in [-0.4, -0.2) is 65.0 Å². The predicted octanol–water partition coefficient (Wildman–Crippen LogP) is 1.66. The molecule has 2 aliphatic rings. The summed E-state index contributed by atoms with van der Waals surface area (Å²) >= 11 is 0. The molecule has 0 unspecified atom stereocenters. The maximum atomic E-state index is 10.5. The molecule has 2 N–H and O–H groups in total. The molecular formula is C22H28N2O3. The van der Waals surface area contributed by atoms with E-state index in [1.54, 1.807) is 0 Å². The Labute approximate surface area is 160 Å². The standard InChI is InChI=1S/C22H28N2O3/c25-20-13-24(14-20)12-19-7-3-4-8-22(19)27-16-21(26)15-23-10-9-17-5-1-2-6-18(17)11-23/h1-8,20-21,25-26H,9-16H2/t21-/m1/s1. The highest BCUT2D eigenvalue weighted by atomic mass is 16.5. The Balaban J connectivity index is 1.28. The highest BCUT2D eigenvalue weighted by Gasteiger charge is 2.25. The summed E-state index contributed by atoms with van der Waals surface area (Å²) in [6, 6.07) is 16.5. The van der Waals surface area contributed by atoms with Gasteiger partial charge < -0.3 is 14.9 Å². The number of aliphatic hydroxyl groups is 2. The first-order valence-corrected chi connectivity index (χ1v) is 9.75. The summed E-state index contributed by atoms with van der Waals surface area (Å²) in [6.45, 7) is 4.97. The van der Waals surface area contributed by atoms with Crippen LogP contribution < -0.4 is 4.74 Å². The predicted molar refractivity (Wildman–Crippen MR) is 105 cm³/mol. The highest BCUT2D eigenvalue weighted by Crippen LogP contribution is 2.23. The van der Waals surface area contributed by atoms with Crippen molar-refractivity contribution in [1.29, 1.82) is 0 Å². The molecule has 2 aromatic rings. The van der Waals surface area contributed by atoms with Gasteiger partial charge in [-0.25, -0.2) is 0 Å². The Morgan fingerprint density at radius 2 is 1.74 bits per heavy atom. The van der Waals surface area contributed by atoms with Crippen molar-refractivity contribution in [1.82, 2.24) is 9.80 Å². The second kappa shape index (κ2) is 8.40. The van der Waals surface area contributed by atoms with Gasteiger partial charge >= 0.3 is 0 Å². The van der Waals surface area contributed by atoms with Gasteiger partial charge in [-0.05, 0) is 23.6 Å². The van der Waals surface area contributed by atoms with Crippen molar-refractivity contribution in [3.8, 4) is 5.75 Å². The summed E-state index contributed by atoms with van der Waals surface area (Å²) in [6.07, 6.45) is 0.317. The van der Waals surface area contributed by atoms with Crippen molar-refractivity contribution < 1.29 is 14.9 Å². The molecule has 2 heterocycles. The lowest BCUT2D eigenvalue weighted by Crippen LogP contribution is -2.49. The van der Waals surface area contributed by atoms with Gasteiger partial charge in [-0.1, -0.05) is 42.5 Å². The van der Waals surface area contributed by atoms with Crippen molar-refractivity contribution in [2.24, 2.45) is 0 Å². The number of ether oxygens (including phenoxy) is 1. The molecule has 5 heteroatoms. The maximum absolute atomic E-state index is 10.5. The zero-order chi connectivity index (χ0) is 18.6. The molecule has 0 aromatic heterocycles. The Morgan fingerprint density at radius 1 is 1.00 bits per heavy atom. The van der Waals surface area contributed by atoms with Crippen LogP contribution in [-0.2, 0) is 19.5 Å². The molecule has 0 radical (unpaired) electrons. The van der Waals surface area contributed by atoms with Crippen LogP contribution in [0.25, 0.3) is 0 Å². The van der Waals surface area contributed by atoms with Gasteiger partial charge in [-0.3, -0.25) is 9.80 Å². The van der Waals surface area contributed by atoms with Gasteiger partial charge in [0.25, 0.3) is 0 Å². The molecule has 0 bridgehead atoms. The largest absolute Gasteiger partial charge is 0.491 e. The molecule has 1 atom stereocenters. The quantitative estimate of drug-likeness (QED) is 0.779. The van der Waals surface area contributed by atoms with Crippen LogP contribution in [0.3, 0.4) is 0 Å². The van der Waals surface area contributed by atoms with E-state index in [1.807, 2.05) is 24.3 Å². The minimum atomic E-state index is -0.519. The molecular weight excluding hydrogens is 340 g/mol. The summed E-state index contributed by atoms with van der Waals surface area (Å²) in [5.74, 6) is 0.821. The molecule has 0 saturated carbocycles. The third-order valence-electron chi connectivity index (χ3n) is 5.41. The second-order valence-corrected chi connectivity index (χ2v) is 7.67. The Bertz CT molecular complexity index is 761. The molecule has 27 heavy (non-hydrogen) atoms. The van der Waals surface area contributed by atoms with Crippen molar-refractivity contribution in [2.45, 2.75) is 31.7 Å². The monoisotopic (exact) mass is 368 g/mol. The number of β-amino-alcohol motifs (C(OH)–C–C–N with tert-alkyl or cyclic N) is 2. The van der Waals surface area contributed by atoms with E-state index in [1.165, 1.54) is 11.1 Å². The molecule has 1 saturated heterocycles. The summed E-state index contributed by atoms with van der Waals surface area (Å²) in [4.78, 5) is 4.48. The van der Waals surface area contributed by atoms with Gasteiger partial charge in [0.1, 0.15) is 18.5 Å². The van der Waals surface area contributed by atoms with Gasteiger partial charge in [0, 0.05) is 44.8 Å². The number of likely N-dealkylation sites (tertiary alicyclic amines) is 1. The lowest BCUT2D eigenvalue weighted by molar-refractivity contribution is -0.00357. The molecule has 1 fully saturated rings. The minimum absolute atomic E-state index is 0.199. The van der Waals surface area contributed by atoms with E-state index < -0.39 is 6.10 Å². The smallest absolute Gasteiger partial charge is 0.123 e. The third kappa shape index (κ3) is 4.68. The number of fused-ring (bicyclic) bond motifs is 1. The van der Waals surface area contributed by atoms with Crippen LogP contribution in [0, 0.1) is 0 Å². The Morgan fingerprint density at radius 3 is 2.56 bits per heavy atom. The van der Waals surface area contributed by atoms with Gasteiger partial charge in [0.2, 0.25) is 0 Å². The zero-order valence-electron chi connectivity index (χ0n) is 15.6. The first-order chi connectivity index (χ1) is 13.2. The van der Waals surface area contributed by atoms with E-state index in [4.69, 9.17) is 4.74 Å². The SMILES string of the molecule is OC1CN(Cc2ccccc2OC[C@H](O)CN2CCc3ccccc3C2)C1. The van der Waals surface area contributed by atoms with E-state index in [0.29, 0.717) is 19.6 Å². The summed E-state index contributed by atoms with van der Waals surface area (Å²) in [5.41, 5.74) is 3.88. The van der Waals surface area contributed by atoms with Gasteiger partial charge in [-0.2, -0.15) is 0 Å². The van der Waals surface area contributed by atoms with Crippen LogP contribution in [0.15, 0.2) is 48.5 Å². The second-order valence-electron chi connectivity index (χ2n) is 7.67. The number of nitrogens with zero attached hydrogens (tertiary/aromatic N) is 2. The molecule has 2 aliphatic heterocycles. The van der Waals surface area contributed by atoms with Crippen LogP contribution >= 0.6 is 0 Å². The van der Waals surface area contributed by atoms with Gasteiger partial charge in [-0.15, -0.1) is 0 Å². The number of hydrogen-bond acceptors (Lipinski definition) is 5. The maximum Gasteiger partial charge on any atom is 0.123 e. The summed E-state index contributed by atoms with van der Waals surface area (Å²) < 4.78 is 5.94. The third-order valence-corrected chi connectivity index (χ3v) is 5.41. The minimum Gasteiger partial charge on any atom is -0.491 e. The van der Waals surface area contributed by atoms with E-state index in [0.717, 1.165) is 37.4 Å². The molecule has 0 aliphatic carbocycles. The van der Waals surface area contributed by atoms with Crippen molar-refractivity contribution >= 4 is 0 Å². The average Bonchev–Trinajstić information content (AvgIpc) is 2.66. The number of para-hydroxylation sites is 1. The zero-order valence-corrected chi connectivity index (χ0v) is 15.6. The van der Waals surface area contributed by atoms with Crippen molar-refractivity contribution in [3.63, 3.8) is 0 Å². The fraction of sp³-hybridized carbons (Fsp3) is 0.455. The lowest BCUT2D eigenvalue weighted by Gasteiger charge is -2.36. The number of hydrogen-bond donors (Lipinski definition) is 2. The average molecular weight is 368 g/mol. The molecule has 5 nitrogen and oxygen atoms in total. The van der Waals surface area contributed by atoms with Crippen molar-refractivity contribution in [3.05, 3.63) is 65.2 Å². The van der Waals surface area contributed by atoms with Gasteiger partial charge in [0.15, 0.2) is 0 Å².